The molecule has 0 spiro atoms. The highest BCUT2D eigenvalue weighted by Gasteiger charge is 2.21. The van der Waals surface area contributed by atoms with Gasteiger partial charge in [-0.15, -0.1) is 11.3 Å². The van der Waals surface area contributed by atoms with E-state index in [0.29, 0.717) is 6.54 Å². The topological polar surface area (TPSA) is 45.2 Å². The summed E-state index contributed by atoms with van der Waals surface area (Å²) in [5.74, 6) is 0. The van der Waals surface area contributed by atoms with Crippen molar-refractivity contribution >= 4 is 23.1 Å². The summed E-state index contributed by atoms with van der Waals surface area (Å²) in [6.07, 6.45) is 2.06. The highest BCUT2D eigenvalue weighted by Crippen LogP contribution is 2.26. The summed E-state index contributed by atoms with van der Waals surface area (Å²) in [5, 5.41) is 5.97. The highest BCUT2D eigenvalue weighted by molar-refractivity contribution is 7.09. The Bertz CT molecular complexity index is 623. The predicted molar refractivity (Wildman–Crippen MR) is 81.2 cm³/mol. The third kappa shape index (κ3) is 2.67. The molecule has 5 heteroatoms. The van der Waals surface area contributed by atoms with Crippen LogP contribution in [0.1, 0.15) is 22.7 Å². The molecule has 1 aliphatic heterocycles. The van der Waals surface area contributed by atoms with Crippen LogP contribution in [0.25, 0.3) is 0 Å². The largest absolute Gasteiger partial charge is 0.332 e. The van der Waals surface area contributed by atoms with E-state index >= 15 is 0 Å². The number of aryl methyl sites for hydroxylation is 2. The minimum absolute atomic E-state index is 0.0391. The molecule has 4 nitrogen and oxygen atoms in total. The maximum Gasteiger partial charge on any atom is 0.322 e. The van der Waals surface area contributed by atoms with Gasteiger partial charge in [-0.3, -0.25) is 4.90 Å². The lowest BCUT2D eigenvalue weighted by molar-refractivity contribution is 0.245. The number of nitrogens with one attached hydrogen (secondary N) is 1. The lowest BCUT2D eigenvalue weighted by Crippen LogP contribution is -2.42. The number of anilines is 1. The second-order valence-electron chi connectivity index (χ2n) is 4.90. The molecule has 20 heavy (non-hydrogen) atoms. The molecular formula is C15H17N3OS. The number of aromatic nitrogens is 1. The van der Waals surface area contributed by atoms with E-state index in [2.05, 4.69) is 16.4 Å². The molecule has 2 aromatic rings. The summed E-state index contributed by atoms with van der Waals surface area (Å²) in [6, 6.07) is 8.08. The Kier molecular flexibility index (Phi) is 3.69. The SMILES string of the molecule is Cc1nc(CNC(=O)N2CCCc3ccccc32)cs1. The van der Waals surface area contributed by atoms with Crippen LogP contribution in [-0.4, -0.2) is 17.6 Å². The molecule has 0 radical (unpaired) electrons. The molecule has 1 aromatic carbocycles. The molecule has 3 rings (SSSR count). The second kappa shape index (κ2) is 5.63. The monoisotopic (exact) mass is 287 g/mol. The molecule has 0 bridgehead atoms. The van der Waals surface area contributed by atoms with Crippen molar-refractivity contribution in [3.05, 3.63) is 45.9 Å². The van der Waals surface area contributed by atoms with E-state index in [1.54, 1.807) is 11.3 Å². The quantitative estimate of drug-likeness (QED) is 0.922. The highest BCUT2D eigenvalue weighted by atomic mass is 32.1. The van der Waals surface area contributed by atoms with Crippen LogP contribution in [0.5, 0.6) is 0 Å². The Hall–Kier alpha value is -1.88. The number of fused-ring (bicyclic) bond motifs is 1. The molecule has 1 aliphatic rings. The van der Waals surface area contributed by atoms with Crippen molar-refractivity contribution in [2.24, 2.45) is 0 Å². The van der Waals surface area contributed by atoms with Crippen LogP contribution in [-0.2, 0) is 13.0 Å². The summed E-state index contributed by atoms with van der Waals surface area (Å²) >= 11 is 1.60. The first kappa shape index (κ1) is 13.1. The fourth-order valence-corrected chi connectivity index (χ4v) is 3.11. The van der Waals surface area contributed by atoms with Gasteiger partial charge in [-0.05, 0) is 31.4 Å². The van der Waals surface area contributed by atoms with Gasteiger partial charge in [0.2, 0.25) is 0 Å². The smallest absolute Gasteiger partial charge is 0.322 e. The van der Waals surface area contributed by atoms with Crippen LogP contribution < -0.4 is 10.2 Å². The summed E-state index contributed by atoms with van der Waals surface area (Å²) in [4.78, 5) is 18.5. The Morgan fingerprint density at radius 2 is 2.30 bits per heavy atom. The van der Waals surface area contributed by atoms with Crippen molar-refractivity contribution in [2.45, 2.75) is 26.3 Å². The number of urea groups is 1. The second-order valence-corrected chi connectivity index (χ2v) is 5.96. The number of amides is 2. The van der Waals surface area contributed by atoms with Gasteiger partial charge in [0, 0.05) is 17.6 Å². The molecule has 0 saturated carbocycles. The van der Waals surface area contributed by atoms with Gasteiger partial charge in [-0.25, -0.2) is 9.78 Å². The van der Waals surface area contributed by atoms with Crippen molar-refractivity contribution in [2.75, 3.05) is 11.4 Å². The van der Waals surface area contributed by atoms with Gasteiger partial charge in [0.05, 0.1) is 17.2 Å². The fraction of sp³-hybridized carbons (Fsp3) is 0.333. The number of carbonyl (C=O) groups is 1. The summed E-state index contributed by atoms with van der Waals surface area (Å²) in [5.41, 5.74) is 3.20. The third-order valence-corrected chi connectivity index (χ3v) is 4.27. The molecule has 1 aromatic heterocycles. The van der Waals surface area contributed by atoms with E-state index in [1.165, 1.54) is 5.56 Å². The molecule has 2 amide bonds. The number of thiazole rings is 1. The fourth-order valence-electron chi connectivity index (χ4n) is 2.50. The van der Waals surface area contributed by atoms with Gasteiger partial charge in [0.25, 0.3) is 0 Å². The molecule has 1 N–H and O–H groups in total. The lowest BCUT2D eigenvalue weighted by Gasteiger charge is -2.29. The Labute approximate surface area is 122 Å². The zero-order valence-electron chi connectivity index (χ0n) is 11.4. The van der Waals surface area contributed by atoms with Crippen molar-refractivity contribution in [1.29, 1.82) is 0 Å². The lowest BCUT2D eigenvalue weighted by atomic mass is 10.0. The first-order chi connectivity index (χ1) is 9.74. The number of benzene rings is 1. The number of para-hydroxylation sites is 1. The minimum Gasteiger partial charge on any atom is -0.332 e. The maximum atomic E-state index is 12.3. The van der Waals surface area contributed by atoms with Crippen LogP contribution in [0.4, 0.5) is 10.5 Å². The number of hydrogen-bond donors (Lipinski definition) is 1. The van der Waals surface area contributed by atoms with E-state index in [-0.39, 0.29) is 6.03 Å². The van der Waals surface area contributed by atoms with E-state index in [1.807, 2.05) is 35.4 Å². The first-order valence-electron chi connectivity index (χ1n) is 6.78. The Balaban J connectivity index is 1.69. The van der Waals surface area contributed by atoms with Gasteiger partial charge in [0.1, 0.15) is 0 Å². The molecule has 0 fully saturated rings. The maximum absolute atomic E-state index is 12.3. The van der Waals surface area contributed by atoms with Crippen molar-refractivity contribution in [3.8, 4) is 0 Å². The molecule has 0 aliphatic carbocycles. The average Bonchev–Trinajstić information content (AvgIpc) is 2.90. The number of nitrogens with zero attached hydrogens (tertiary/aromatic N) is 2. The molecule has 2 heterocycles. The number of rotatable bonds is 2. The van der Waals surface area contributed by atoms with Crippen LogP contribution in [0, 0.1) is 6.92 Å². The summed E-state index contributed by atoms with van der Waals surface area (Å²) in [7, 11) is 0. The first-order valence-corrected chi connectivity index (χ1v) is 7.66. The van der Waals surface area contributed by atoms with Gasteiger partial charge >= 0.3 is 6.03 Å². The normalized spacial score (nSPS) is 13.9. The predicted octanol–water partition coefficient (Wildman–Crippen LogP) is 3.11. The Morgan fingerprint density at radius 3 is 3.10 bits per heavy atom. The third-order valence-electron chi connectivity index (χ3n) is 3.44. The van der Waals surface area contributed by atoms with Gasteiger partial charge in [-0.2, -0.15) is 0 Å². The zero-order chi connectivity index (χ0) is 13.9. The van der Waals surface area contributed by atoms with Crippen molar-refractivity contribution in [1.82, 2.24) is 10.3 Å². The van der Waals surface area contributed by atoms with Crippen LogP contribution in [0.15, 0.2) is 29.6 Å². The van der Waals surface area contributed by atoms with Crippen molar-refractivity contribution < 1.29 is 4.79 Å². The minimum atomic E-state index is -0.0391. The molecule has 0 saturated heterocycles. The van der Waals surface area contributed by atoms with Gasteiger partial charge in [0.15, 0.2) is 0 Å². The molecule has 104 valence electrons. The summed E-state index contributed by atoms with van der Waals surface area (Å²) in [6.45, 7) is 3.23. The standard InChI is InChI=1S/C15H17N3OS/c1-11-17-13(10-20-11)9-16-15(19)18-8-4-6-12-5-2-3-7-14(12)18/h2-3,5,7,10H,4,6,8-9H2,1H3,(H,16,19). The van der Waals surface area contributed by atoms with Crippen molar-refractivity contribution in [3.63, 3.8) is 0 Å². The Morgan fingerprint density at radius 1 is 1.45 bits per heavy atom. The molecule has 0 unspecified atom stereocenters. The van der Waals surface area contributed by atoms with Gasteiger partial charge < -0.3 is 5.32 Å². The van der Waals surface area contributed by atoms with Gasteiger partial charge in [-0.1, -0.05) is 18.2 Å². The average molecular weight is 287 g/mol. The van der Waals surface area contributed by atoms with Crippen LogP contribution in [0.3, 0.4) is 0 Å². The summed E-state index contributed by atoms with van der Waals surface area (Å²) < 4.78 is 0. The molecular weight excluding hydrogens is 270 g/mol. The number of hydrogen-bond acceptors (Lipinski definition) is 3. The van der Waals surface area contributed by atoms with E-state index in [9.17, 15) is 4.79 Å². The number of carbonyl (C=O) groups excluding carboxylic acids is 1. The van der Waals surface area contributed by atoms with Crippen LogP contribution in [0.2, 0.25) is 0 Å². The van der Waals surface area contributed by atoms with E-state index in [4.69, 9.17) is 0 Å². The van der Waals surface area contributed by atoms with E-state index < -0.39 is 0 Å². The zero-order valence-corrected chi connectivity index (χ0v) is 12.2. The van der Waals surface area contributed by atoms with E-state index in [0.717, 1.165) is 35.8 Å². The van der Waals surface area contributed by atoms with Crippen LogP contribution >= 0.6 is 11.3 Å². The molecule has 0 atom stereocenters.